The number of nitrogens with one attached hydrogen (secondary N) is 4. The van der Waals surface area contributed by atoms with Crippen LogP contribution in [0.3, 0.4) is 0 Å². The maximum Gasteiger partial charge on any atom is 0.315 e. The molecule has 14 nitrogen and oxygen atoms in total. The van der Waals surface area contributed by atoms with Crippen LogP contribution in [-0.4, -0.2) is 108 Å². The van der Waals surface area contributed by atoms with Crippen LogP contribution < -0.4 is 21.3 Å². The van der Waals surface area contributed by atoms with Gasteiger partial charge in [-0.25, -0.2) is 4.79 Å². The Morgan fingerprint density at radius 3 is 2.09 bits per heavy atom. The van der Waals surface area contributed by atoms with Crippen LogP contribution in [0.1, 0.15) is 80.1 Å². The molecule has 14 heteroatoms. The maximum absolute atomic E-state index is 14.1. The minimum atomic E-state index is -1.04. The normalized spacial score (nSPS) is 20.9. The number of ether oxygens (including phenoxy) is 1. The van der Waals surface area contributed by atoms with E-state index < -0.39 is 76.3 Å². The third-order valence-electron chi connectivity index (χ3n) is 9.05. The molecule has 1 aliphatic carbocycles. The van der Waals surface area contributed by atoms with Crippen molar-refractivity contribution in [1.82, 2.24) is 31.1 Å². The van der Waals surface area contributed by atoms with Crippen molar-refractivity contribution in [1.29, 1.82) is 0 Å². The fourth-order valence-electron chi connectivity index (χ4n) is 5.86. The van der Waals surface area contributed by atoms with Crippen molar-refractivity contribution in [2.75, 3.05) is 32.8 Å². The summed E-state index contributed by atoms with van der Waals surface area (Å²) in [5.41, 5.74) is -1.33. The van der Waals surface area contributed by atoms with E-state index in [0.717, 1.165) is 24.2 Å². The van der Waals surface area contributed by atoms with Gasteiger partial charge in [0, 0.05) is 19.6 Å². The average Bonchev–Trinajstić information content (AvgIpc) is 3.45. The number of carbonyl (C=O) groups is 7. The molecule has 3 aliphatic rings. The van der Waals surface area contributed by atoms with Crippen molar-refractivity contribution in [3.63, 3.8) is 0 Å². The molecule has 7 amide bonds. The molecule has 3 fully saturated rings. The lowest BCUT2D eigenvalue weighted by atomic mass is 9.80. The number of rotatable bonds is 13. The summed E-state index contributed by atoms with van der Waals surface area (Å²) >= 11 is 0. The van der Waals surface area contributed by atoms with Crippen LogP contribution in [0.25, 0.3) is 0 Å². The van der Waals surface area contributed by atoms with E-state index in [0.29, 0.717) is 19.3 Å². The van der Waals surface area contributed by atoms with E-state index >= 15 is 0 Å². The van der Waals surface area contributed by atoms with Crippen molar-refractivity contribution in [2.45, 2.75) is 104 Å². The first-order valence-corrected chi connectivity index (χ1v) is 16.5. The molecule has 2 aliphatic heterocycles. The lowest BCUT2D eigenvalue weighted by Crippen LogP contribution is -2.62. The summed E-state index contributed by atoms with van der Waals surface area (Å²) in [5, 5.41) is 10.9. The summed E-state index contributed by atoms with van der Waals surface area (Å²) in [6.45, 7) is 14.4. The van der Waals surface area contributed by atoms with E-state index in [2.05, 4.69) is 27.8 Å². The van der Waals surface area contributed by atoms with Gasteiger partial charge in [0.2, 0.25) is 17.6 Å². The van der Waals surface area contributed by atoms with Gasteiger partial charge in [-0.15, -0.1) is 6.58 Å². The Hall–Kier alpha value is -3.81. The van der Waals surface area contributed by atoms with Gasteiger partial charge in [-0.3, -0.25) is 33.7 Å². The average molecular weight is 661 g/mol. The molecule has 0 aromatic heterocycles. The van der Waals surface area contributed by atoms with Crippen LogP contribution in [0.4, 0.5) is 4.79 Å². The second-order valence-corrected chi connectivity index (χ2v) is 14.9. The fourth-order valence-corrected chi connectivity index (χ4v) is 5.86. The first-order valence-electron chi connectivity index (χ1n) is 16.5. The summed E-state index contributed by atoms with van der Waals surface area (Å²) in [6.07, 6.45) is 5.57. The smallest absolute Gasteiger partial charge is 0.315 e. The largest absolute Gasteiger partial charge is 0.362 e. The van der Waals surface area contributed by atoms with E-state index in [1.165, 1.54) is 11.0 Å². The Morgan fingerprint density at radius 1 is 0.915 bits per heavy atom. The second-order valence-electron chi connectivity index (χ2n) is 14.9. The Balaban J connectivity index is 1.73. The number of carbonyl (C=O) groups excluding carboxylic acids is 7. The Labute approximate surface area is 277 Å². The fraction of sp³-hybridized carbons (Fsp3) is 0.727. The molecular formula is C33H52N6O8. The van der Waals surface area contributed by atoms with Crippen molar-refractivity contribution in [3.8, 4) is 0 Å². The minimum absolute atomic E-state index is 0.0627. The molecule has 3 rings (SSSR count). The minimum Gasteiger partial charge on any atom is -0.362 e. The highest BCUT2D eigenvalue weighted by molar-refractivity contribution is 6.38. The third kappa shape index (κ3) is 10.1. The Kier molecular flexibility index (Phi) is 12.7. The Morgan fingerprint density at radius 2 is 1.55 bits per heavy atom. The number of urea groups is 1. The molecule has 0 aromatic carbocycles. The van der Waals surface area contributed by atoms with Crippen molar-refractivity contribution >= 4 is 41.4 Å². The first kappa shape index (κ1) is 37.6. The van der Waals surface area contributed by atoms with Gasteiger partial charge in [0.1, 0.15) is 25.3 Å². The first-order chi connectivity index (χ1) is 21.9. The van der Waals surface area contributed by atoms with Crippen LogP contribution in [-0.2, 0) is 33.5 Å². The topological polar surface area (TPSA) is 183 Å². The molecule has 4 N–H and O–H groups in total. The van der Waals surface area contributed by atoms with Gasteiger partial charge >= 0.3 is 6.03 Å². The number of hydrogen-bond donors (Lipinski definition) is 4. The molecular weight excluding hydrogens is 608 g/mol. The lowest BCUT2D eigenvalue weighted by molar-refractivity contribution is -0.159. The monoisotopic (exact) mass is 660 g/mol. The molecule has 0 radical (unpaired) electrons. The summed E-state index contributed by atoms with van der Waals surface area (Å²) in [4.78, 5) is 93.8. The van der Waals surface area contributed by atoms with Gasteiger partial charge in [-0.05, 0) is 36.0 Å². The highest BCUT2D eigenvalue weighted by Crippen LogP contribution is 2.31. The zero-order chi connectivity index (χ0) is 35.1. The van der Waals surface area contributed by atoms with Crippen molar-refractivity contribution < 1.29 is 38.3 Å². The van der Waals surface area contributed by atoms with E-state index in [9.17, 15) is 33.6 Å². The van der Waals surface area contributed by atoms with E-state index in [1.807, 2.05) is 20.8 Å². The third-order valence-corrected chi connectivity index (χ3v) is 9.05. The SMILES string of the molecule is C=CCNC(=O)C(=O)C(CC1CCC1)NC(=O)[C@@H]1CCCN1C(=O)[C@@H](NC(=O)N[C@H](CN1C(=O)COCC1=O)C(C)(C)C)C(C)(C)C. The summed E-state index contributed by atoms with van der Waals surface area (Å²) in [5.74, 6) is -3.27. The van der Waals surface area contributed by atoms with Crippen molar-refractivity contribution in [3.05, 3.63) is 12.7 Å². The molecule has 2 saturated heterocycles. The number of Topliss-reactive ketones (excluding diaryl/α,β-unsaturated/α-hetero) is 1. The van der Waals surface area contributed by atoms with Gasteiger partial charge in [-0.2, -0.15) is 0 Å². The van der Waals surface area contributed by atoms with Gasteiger partial charge in [0.25, 0.3) is 17.7 Å². The second kappa shape index (κ2) is 15.9. The maximum atomic E-state index is 14.1. The number of imide groups is 1. The summed E-state index contributed by atoms with van der Waals surface area (Å²) in [7, 11) is 0. The zero-order valence-corrected chi connectivity index (χ0v) is 28.6. The number of ketones is 1. The molecule has 47 heavy (non-hydrogen) atoms. The zero-order valence-electron chi connectivity index (χ0n) is 28.6. The molecule has 0 bridgehead atoms. The standard InChI is InChI=1S/C33H52N6O8/c1-8-14-34-29(44)26(42)21(16-20-11-9-12-20)35-28(43)22-13-10-15-38(22)30(45)27(33(5,6)7)37-31(46)36-23(32(2,3)4)17-39-24(40)18-47-19-25(39)41/h8,20-23,27H,1,9-19H2,2-7H3,(H,34,44)(H,35,43)(H2,36,37,46)/t21?,22-,23+,27+/m0/s1. The van der Waals surface area contributed by atoms with E-state index in [1.54, 1.807) is 20.8 Å². The van der Waals surface area contributed by atoms with Gasteiger partial charge in [0.15, 0.2) is 0 Å². The molecule has 4 atom stereocenters. The highest BCUT2D eigenvalue weighted by Gasteiger charge is 2.44. The number of nitrogens with zero attached hydrogens (tertiary/aromatic N) is 2. The summed E-state index contributed by atoms with van der Waals surface area (Å²) < 4.78 is 5.00. The number of morpholine rings is 1. The van der Waals surface area contributed by atoms with Crippen LogP contribution >= 0.6 is 0 Å². The number of amides is 7. The number of likely N-dealkylation sites (tertiary alicyclic amines) is 1. The predicted octanol–water partition coefficient (Wildman–Crippen LogP) is 1.04. The van der Waals surface area contributed by atoms with Crippen LogP contribution in [0.15, 0.2) is 12.7 Å². The van der Waals surface area contributed by atoms with Crippen LogP contribution in [0.2, 0.25) is 0 Å². The van der Waals surface area contributed by atoms with Gasteiger partial charge in [0.05, 0.1) is 12.1 Å². The van der Waals surface area contributed by atoms with Gasteiger partial charge < -0.3 is 30.9 Å². The molecule has 1 unspecified atom stereocenters. The van der Waals surface area contributed by atoms with Gasteiger partial charge in [-0.1, -0.05) is 66.9 Å². The predicted molar refractivity (Wildman–Crippen MR) is 173 cm³/mol. The Bertz CT molecular complexity index is 1220. The van der Waals surface area contributed by atoms with Crippen molar-refractivity contribution in [2.24, 2.45) is 16.7 Å². The molecule has 0 aromatic rings. The quantitative estimate of drug-likeness (QED) is 0.128. The molecule has 1 saturated carbocycles. The molecule has 2 heterocycles. The lowest BCUT2D eigenvalue weighted by Gasteiger charge is -2.38. The highest BCUT2D eigenvalue weighted by atomic mass is 16.5. The van der Waals surface area contributed by atoms with Crippen LogP contribution in [0, 0.1) is 16.7 Å². The van der Waals surface area contributed by atoms with E-state index in [-0.39, 0.29) is 38.8 Å². The molecule has 262 valence electrons. The van der Waals surface area contributed by atoms with Crippen LogP contribution in [0.5, 0.6) is 0 Å². The molecule has 0 spiro atoms. The summed E-state index contributed by atoms with van der Waals surface area (Å²) in [6, 6.07) is -4.25. The number of hydrogen-bond acceptors (Lipinski definition) is 8. The van der Waals surface area contributed by atoms with E-state index in [4.69, 9.17) is 4.74 Å².